The van der Waals surface area contributed by atoms with Crippen LogP contribution in [0.4, 0.5) is 15.8 Å². The lowest BCUT2D eigenvalue weighted by Crippen LogP contribution is -2.16. The zero-order valence-corrected chi connectivity index (χ0v) is 13.8. The Hall–Kier alpha value is -3.55. The van der Waals surface area contributed by atoms with Crippen molar-refractivity contribution in [3.63, 3.8) is 0 Å². The number of carbonyl (C=O) groups is 2. The summed E-state index contributed by atoms with van der Waals surface area (Å²) >= 11 is 0. The molecule has 26 heavy (non-hydrogen) atoms. The van der Waals surface area contributed by atoms with Gasteiger partial charge in [0.25, 0.3) is 5.56 Å². The quantitative estimate of drug-likeness (QED) is 0.668. The number of fused-ring (bicyclic) bond motifs is 1. The van der Waals surface area contributed by atoms with E-state index in [1.807, 2.05) is 0 Å². The van der Waals surface area contributed by atoms with E-state index in [4.69, 9.17) is 0 Å². The van der Waals surface area contributed by atoms with Crippen LogP contribution in [0, 0.1) is 5.82 Å². The number of rotatable bonds is 4. The summed E-state index contributed by atoms with van der Waals surface area (Å²) in [6.45, 7) is 1.39. The highest BCUT2D eigenvalue weighted by Gasteiger charge is 2.12. The number of nitrogens with zero attached hydrogens (tertiary/aromatic N) is 1. The van der Waals surface area contributed by atoms with Gasteiger partial charge < -0.3 is 15.6 Å². The Bertz CT molecular complexity index is 1060. The van der Waals surface area contributed by atoms with Crippen molar-refractivity contribution >= 4 is 34.1 Å². The van der Waals surface area contributed by atoms with E-state index in [1.54, 1.807) is 24.3 Å². The summed E-state index contributed by atoms with van der Waals surface area (Å²) in [5, 5.41) is 5.26. The molecule has 0 saturated heterocycles. The lowest BCUT2D eigenvalue weighted by Gasteiger charge is -2.09. The highest BCUT2D eigenvalue weighted by Crippen LogP contribution is 2.20. The van der Waals surface area contributed by atoms with Crippen molar-refractivity contribution in [1.82, 2.24) is 9.97 Å². The third kappa shape index (κ3) is 3.92. The van der Waals surface area contributed by atoms with Gasteiger partial charge >= 0.3 is 0 Å². The van der Waals surface area contributed by atoms with Gasteiger partial charge in [-0.05, 0) is 23.8 Å². The van der Waals surface area contributed by atoms with Gasteiger partial charge in [0.1, 0.15) is 5.82 Å². The number of hydrogen-bond donors (Lipinski definition) is 3. The fraction of sp³-hybridized carbons (Fsp3) is 0.111. The highest BCUT2D eigenvalue weighted by atomic mass is 19.1. The summed E-state index contributed by atoms with van der Waals surface area (Å²) in [7, 11) is 0. The van der Waals surface area contributed by atoms with Gasteiger partial charge in [0.15, 0.2) is 0 Å². The predicted octanol–water partition coefficient (Wildman–Crippen LogP) is 2.20. The molecule has 0 spiro atoms. The number of aromatic amines is 1. The minimum absolute atomic E-state index is 0.0195. The fourth-order valence-corrected chi connectivity index (χ4v) is 2.53. The molecule has 7 nitrogen and oxygen atoms in total. The van der Waals surface area contributed by atoms with Crippen LogP contribution < -0.4 is 16.2 Å². The second-order valence-electron chi connectivity index (χ2n) is 5.69. The van der Waals surface area contributed by atoms with Gasteiger partial charge in [-0.25, -0.2) is 9.37 Å². The van der Waals surface area contributed by atoms with Crippen molar-refractivity contribution in [3.05, 3.63) is 64.5 Å². The van der Waals surface area contributed by atoms with Crippen LogP contribution in [0.1, 0.15) is 12.5 Å². The molecule has 1 aromatic heterocycles. The van der Waals surface area contributed by atoms with Crippen LogP contribution in [-0.4, -0.2) is 21.8 Å². The zero-order valence-electron chi connectivity index (χ0n) is 13.8. The van der Waals surface area contributed by atoms with E-state index in [0.29, 0.717) is 11.3 Å². The number of benzene rings is 2. The van der Waals surface area contributed by atoms with E-state index in [9.17, 15) is 18.8 Å². The first-order chi connectivity index (χ1) is 12.4. The van der Waals surface area contributed by atoms with Crippen LogP contribution in [0.3, 0.4) is 0 Å². The molecule has 132 valence electrons. The summed E-state index contributed by atoms with van der Waals surface area (Å²) in [5.41, 5.74) is 0.895. The lowest BCUT2D eigenvalue weighted by molar-refractivity contribution is -0.115. The first kappa shape index (κ1) is 17.3. The first-order valence-corrected chi connectivity index (χ1v) is 7.76. The average molecular weight is 354 g/mol. The minimum atomic E-state index is -0.684. The first-order valence-electron chi connectivity index (χ1n) is 7.76. The molecule has 2 aromatic carbocycles. The van der Waals surface area contributed by atoms with E-state index in [1.165, 1.54) is 19.3 Å². The molecule has 0 aliphatic carbocycles. The molecule has 3 rings (SSSR count). The van der Waals surface area contributed by atoms with Gasteiger partial charge in [-0.15, -0.1) is 0 Å². The van der Waals surface area contributed by atoms with Crippen molar-refractivity contribution < 1.29 is 14.0 Å². The van der Waals surface area contributed by atoms with Crippen LogP contribution in [0.5, 0.6) is 0 Å². The largest absolute Gasteiger partial charge is 0.326 e. The van der Waals surface area contributed by atoms with Gasteiger partial charge in [0, 0.05) is 18.7 Å². The van der Waals surface area contributed by atoms with Crippen LogP contribution in [0.25, 0.3) is 10.9 Å². The topological polar surface area (TPSA) is 104 Å². The lowest BCUT2D eigenvalue weighted by atomic mass is 10.1. The van der Waals surface area contributed by atoms with Gasteiger partial charge in [-0.2, -0.15) is 0 Å². The van der Waals surface area contributed by atoms with Gasteiger partial charge in [-0.3, -0.25) is 14.4 Å². The highest BCUT2D eigenvalue weighted by molar-refractivity contribution is 5.95. The van der Waals surface area contributed by atoms with Gasteiger partial charge in [0.05, 0.1) is 29.3 Å². The Morgan fingerprint density at radius 2 is 2.00 bits per heavy atom. The van der Waals surface area contributed by atoms with E-state index < -0.39 is 17.3 Å². The number of aromatic nitrogens is 2. The number of H-pyrrole nitrogens is 1. The Balaban J connectivity index is 1.79. The molecule has 1 heterocycles. The van der Waals surface area contributed by atoms with E-state index in [2.05, 4.69) is 20.6 Å². The molecule has 3 aromatic rings. The number of carbonyl (C=O) groups excluding carboxylic acids is 2. The second-order valence-corrected chi connectivity index (χ2v) is 5.69. The summed E-state index contributed by atoms with van der Waals surface area (Å²) in [6, 6.07) is 9.13. The van der Waals surface area contributed by atoms with Crippen molar-refractivity contribution in [2.75, 3.05) is 10.6 Å². The molecular formula is C18H15FN4O3. The Labute approximate surface area is 147 Å². The number of anilines is 2. The molecule has 0 atom stereocenters. The van der Waals surface area contributed by atoms with Crippen molar-refractivity contribution in [2.45, 2.75) is 13.3 Å². The molecule has 0 fully saturated rings. The molecule has 3 N–H and O–H groups in total. The molecule has 0 aliphatic rings. The molecule has 0 unspecified atom stereocenters. The maximum absolute atomic E-state index is 14.1. The van der Waals surface area contributed by atoms with Crippen LogP contribution in [0.2, 0.25) is 0 Å². The Kier molecular flexibility index (Phi) is 4.74. The van der Waals surface area contributed by atoms with Gasteiger partial charge in [0.2, 0.25) is 11.8 Å². The normalized spacial score (nSPS) is 10.5. The maximum Gasteiger partial charge on any atom is 0.258 e. The SMILES string of the molecule is CC(=O)Nc1cccc(CC(=O)Nc2cc3c(=O)[nH]cnc3cc2F)c1. The molecule has 0 aliphatic heterocycles. The van der Waals surface area contributed by atoms with Crippen molar-refractivity contribution in [1.29, 1.82) is 0 Å². The molecule has 2 amide bonds. The third-order valence-electron chi connectivity index (χ3n) is 3.62. The van der Waals surface area contributed by atoms with Gasteiger partial charge in [-0.1, -0.05) is 12.1 Å². The summed E-state index contributed by atoms with van der Waals surface area (Å²) < 4.78 is 14.1. The molecule has 0 saturated carbocycles. The van der Waals surface area contributed by atoms with E-state index in [0.717, 1.165) is 6.07 Å². The molecular weight excluding hydrogens is 339 g/mol. The standard InChI is InChI=1S/C18H15FN4O3/c1-10(24)22-12-4-2-3-11(5-12)6-17(25)23-16-7-13-15(8-14(16)19)20-9-21-18(13)26/h2-5,7-9H,6H2,1H3,(H,22,24)(H,23,25)(H,20,21,26). The zero-order chi connectivity index (χ0) is 18.7. The Morgan fingerprint density at radius 3 is 2.77 bits per heavy atom. The number of nitrogens with one attached hydrogen (secondary N) is 3. The average Bonchev–Trinajstić information content (AvgIpc) is 2.56. The summed E-state index contributed by atoms with van der Waals surface area (Å²) in [5.74, 6) is -1.36. The predicted molar refractivity (Wildman–Crippen MR) is 95.4 cm³/mol. The fourth-order valence-electron chi connectivity index (χ4n) is 2.53. The van der Waals surface area contributed by atoms with Crippen LogP contribution in [-0.2, 0) is 16.0 Å². The maximum atomic E-state index is 14.1. The number of hydrogen-bond acceptors (Lipinski definition) is 4. The summed E-state index contributed by atoms with van der Waals surface area (Å²) in [4.78, 5) is 41.4. The number of amides is 2. The van der Waals surface area contributed by atoms with Crippen LogP contribution in [0.15, 0.2) is 47.5 Å². The smallest absolute Gasteiger partial charge is 0.258 e. The molecule has 8 heteroatoms. The number of halogens is 1. The Morgan fingerprint density at radius 1 is 1.19 bits per heavy atom. The molecule has 0 radical (unpaired) electrons. The third-order valence-corrected chi connectivity index (χ3v) is 3.62. The minimum Gasteiger partial charge on any atom is -0.326 e. The van der Waals surface area contributed by atoms with Crippen LogP contribution >= 0.6 is 0 Å². The second kappa shape index (κ2) is 7.14. The van der Waals surface area contributed by atoms with Crippen molar-refractivity contribution in [2.24, 2.45) is 0 Å². The van der Waals surface area contributed by atoms with E-state index in [-0.39, 0.29) is 28.9 Å². The van der Waals surface area contributed by atoms with Crippen molar-refractivity contribution in [3.8, 4) is 0 Å². The monoisotopic (exact) mass is 354 g/mol. The molecule has 0 bridgehead atoms. The summed E-state index contributed by atoms with van der Waals surface area (Å²) in [6.07, 6.45) is 1.17. The van der Waals surface area contributed by atoms with E-state index >= 15 is 0 Å².